The third-order valence-corrected chi connectivity index (χ3v) is 3.96. The summed E-state index contributed by atoms with van der Waals surface area (Å²) < 4.78 is 0. The summed E-state index contributed by atoms with van der Waals surface area (Å²) in [6.07, 6.45) is 1.24. The van der Waals surface area contributed by atoms with Gasteiger partial charge in [0.15, 0.2) is 0 Å². The first kappa shape index (κ1) is 11.8. The quantitative estimate of drug-likeness (QED) is 0.855. The molecule has 1 aliphatic rings. The molecule has 1 heterocycles. The molecule has 0 spiro atoms. The van der Waals surface area contributed by atoms with E-state index in [4.69, 9.17) is 11.6 Å². The van der Waals surface area contributed by atoms with E-state index in [1.165, 1.54) is 17.5 Å². The molecule has 3 rings (SSSR count). The second kappa shape index (κ2) is 5.13. The lowest BCUT2D eigenvalue weighted by Crippen LogP contribution is -2.07. The van der Waals surface area contributed by atoms with E-state index in [1.54, 1.807) is 0 Å². The minimum atomic E-state index is 0.672. The van der Waals surface area contributed by atoms with Crippen molar-refractivity contribution < 1.29 is 0 Å². The fourth-order valence-electron chi connectivity index (χ4n) is 2.57. The molecule has 1 aliphatic heterocycles. The van der Waals surface area contributed by atoms with E-state index in [0.29, 0.717) is 5.92 Å². The predicted molar refractivity (Wildman–Crippen MR) is 77.1 cm³/mol. The Labute approximate surface area is 113 Å². The predicted octanol–water partition coefficient (Wildman–Crippen LogP) is 4.08. The molecule has 1 unspecified atom stereocenters. The Morgan fingerprint density at radius 3 is 2.44 bits per heavy atom. The van der Waals surface area contributed by atoms with Crippen LogP contribution in [0.2, 0.25) is 5.02 Å². The Morgan fingerprint density at radius 2 is 1.78 bits per heavy atom. The number of halogens is 1. The number of nitrogens with one attached hydrogen (secondary N) is 1. The number of rotatable bonds is 2. The molecule has 1 N–H and O–H groups in total. The highest BCUT2D eigenvalue weighted by Gasteiger charge is 2.16. The first-order valence-corrected chi connectivity index (χ1v) is 6.78. The van der Waals surface area contributed by atoms with Crippen LogP contribution in [0.15, 0.2) is 48.5 Å². The third-order valence-electron chi connectivity index (χ3n) is 3.63. The molecule has 92 valence electrons. The van der Waals surface area contributed by atoms with Crippen molar-refractivity contribution in [2.75, 3.05) is 13.1 Å². The average Bonchev–Trinajstić information content (AvgIpc) is 2.94. The van der Waals surface area contributed by atoms with Crippen molar-refractivity contribution in [1.82, 2.24) is 5.32 Å². The lowest BCUT2D eigenvalue weighted by atomic mass is 9.96. The van der Waals surface area contributed by atoms with Crippen molar-refractivity contribution in [3.63, 3.8) is 0 Å². The molecular formula is C16H16ClN. The Morgan fingerprint density at radius 1 is 1.00 bits per heavy atom. The fourth-order valence-corrected chi connectivity index (χ4v) is 2.81. The van der Waals surface area contributed by atoms with Crippen molar-refractivity contribution in [2.24, 2.45) is 0 Å². The Kier molecular flexibility index (Phi) is 3.35. The van der Waals surface area contributed by atoms with Gasteiger partial charge in [0.1, 0.15) is 0 Å². The van der Waals surface area contributed by atoms with Gasteiger partial charge >= 0.3 is 0 Å². The lowest BCUT2D eigenvalue weighted by Gasteiger charge is -2.10. The van der Waals surface area contributed by atoms with Gasteiger partial charge in [-0.25, -0.2) is 0 Å². The monoisotopic (exact) mass is 257 g/mol. The van der Waals surface area contributed by atoms with Gasteiger partial charge in [-0.3, -0.25) is 0 Å². The van der Waals surface area contributed by atoms with Gasteiger partial charge in [-0.05, 0) is 36.1 Å². The molecule has 2 aromatic rings. The van der Waals surface area contributed by atoms with E-state index in [0.717, 1.165) is 23.7 Å². The molecule has 0 saturated carbocycles. The Balaban J connectivity index is 1.89. The maximum absolute atomic E-state index is 6.22. The van der Waals surface area contributed by atoms with Gasteiger partial charge in [0.05, 0.1) is 0 Å². The van der Waals surface area contributed by atoms with Crippen LogP contribution in [0.4, 0.5) is 0 Å². The molecular weight excluding hydrogens is 242 g/mol. The minimum Gasteiger partial charge on any atom is -0.316 e. The number of benzene rings is 2. The summed E-state index contributed by atoms with van der Waals surface area (Å²) in [5.41, 5.74) is 3.72. The molecule has 1 nitrogen and oxygen atoms in total. The standard InChI is InChI=1S/C16H16ClN/c17-16-4-2-1-3-15(16)13-7-5-12(6-8-13)14-9-10-18-11-14/h1-8,14,18H,9-11H2. The number of hydrogen-bond donors (Lipinski definition) is 1. The van der Waals surface area contributed by atoms with E-state index in [2.05, 4.69) is 35.6 Å². The van der Waals surface area contributed by atoms with Crippen LogP contribution in [0.3, 0.4) is 0 Å². The van der Waals surface area contributed by atoms with Crippen LogP contribution in [0, 0.1) is 0 Å². The summed E-state index contributed by atoms with van der Waals surface area (Å²) in [6.45, 7) is 2.24. The van der Waals surface area contributed by atoms with Crippen molar-refractivity contribution in [2.45, 2.75) is 12.3 Å². The van der Waals surface area contributed by atoms with Crippen molar-refractivity contribution >= 4 is 11.6 Å². The maximum Gasteiger partial charge on any atom is 0.0484 e. The van der Waals surface area contributed by atoms with E-state index < -0.39 is 0 Å². The summed E-state index contributed by atoms with van der Waals surface area (Å²) in [5, 5.41) is 4.22. The van der Waals surface area contributed by atoms with E-state index in [1.807, 2.05) is 18.2 Å². The highest BCUT2D eigenvalue weighted by Crippen LogP contribution is 2.29. The highest BCUT2D eigenvalue weighted by molar-refractivity contribution is 6.33. The smallest absolute Gasteiger partial charge is 0.0484 e. The van der Waals surface area contributed by atoms with Crippen LogP contribution < -0.4 is 5.32 Å². The van der Waals surface area contributed by atoms with Gasteiger partial charge < -0.3 is 5.32 Å². The molecule has 2 aromatic carbocycles. The van der Waals surface area contributed by atoms with Crippen LogP contribution in [-0.4, -0.2) is 13.1 Å². The molecule has 1 atom stereocenters. The second-order valence-corrected chi connectivity index (χ2v) is 5.20. The Hall–Kier alpha value is -1.31. The second-order valence-electron chi connectivity index (χ2n) is 4.79. The molecule has 0 radical (unpaired) electrons. The zero-order valence-corrected chi connectivity index (χ0v) is 11.0. The van der Waals surface area contributed by atoms with E-state index in [9.17, 15) is 0 Å². The summed E-state index contributed by atoms with van der Waals surface area (Å²) in [7, 11) is 0. The van der Waals surface area contributed by atoms with Gasteiger partial charge in [-0.2, -0.15) is 0 Å². The first-order valence-electron chi connectivity index (χ1n) is 6.40. The van der Waals surface area contributed by atoms with Crippen molar-refractivity contribution in [1.29, 1.82) is 0 Å². The fraction of sp³-hybridized carbons (Fsp3) is 0.250. The van der Waals surface area contributed by atoms with Gasteiger partial charge in [-0.1, -0.05) is 54.1 Å². The average molecular weight is 258 g/mol. The maximum atomic E-state index is 6.22. The Bertz CT molecular complexity index is 527. The van der Waals surface area contributed by atoms with Crippen molar-refractivity contribution in [3.05, 3.63) is 59.1 Å². The van der Waals surface area contributed by atoms with E-state index >= 15 is 0 Å². The largest absolute Gasteiger partial charge is 0.316 e. The minimum absolute atomic E-state index is 0.672. The van der Waals surface area contributed by atoms with Crippen LogP contribution in [0.5, 0.6) is 0 Å². The summed E-state index contributed by atoms with van der Waals surface area (Å²) in [6, 6.07) is 16.8. The SMILES string of the molecule is Clc1ccccc1-c1ccc(C2CCNC2)cc1. The molecule has 1 saturated heterocycles. The molecule has 1 fully saturated rings. The van der Waals surface area contributed by atoms with Crippen LogP contribution >= 0.6 is 11.6 Å². The summed E-state index contributed by atoms with van der Waals surface area (Å²) >= 11 is 6.22. The van der Waals surface area contributed by atoms with Gasteiger partial charge in [0, 0.05) is 17.1 Å². The molecule has 0 bridgehead atoms. The van der Waals surface area contributed by atoms with E-state index in [-0.39, 0.29) is 0 Å². The van der Waals surface area contributed by atoms with Crippen LogP contribution in [0.25, 0.3) is 11.1 Å². The highest BCUT2D eigenvalue weighted by atomic mass is 35.5. The zero-order valence-electron chi connectivity index (χ0n) is 10.2. The van der Waals surface area contributed by atoms with Gasteiger partial charge in [0.2, 0.25) is 0 Å². The van der Waals surface area contributed by atoms with Gasteiger partial charge in [0.25, 0.3) is 0 Å². The molecule has 2 heteroatoms. The van der Waals surface area contributed by atoms with Gasteiger partial charge in [-0.15, -0.1) is 0 Å². The van der Waals surface area contributed by atoms with Crippen LogP contribution in [0.1, 0.15) is 17.9 Å². The molecule has 18 heavy (non-hydrogen) atoms. The first-order chi connectivity index (χ1) is 8.84. The molecule has 0 aliphatic carbocycles. The van der Waals surface area contributed by atoms with Crippen molar-refractivity contribution in [3.8, 4) is 11.1 Å². The zero-order chi connectivity index (χ0) is 12.4. The number of hydrogen-bond acceptors (Lipinski definition) is 1. The summed E-state index contributed by atoms with van der Waals surface area (Å²) in [5.74, 6) is 0.672. The van der Waals surface area contributed by atoms with Crippen LogP contribution in [-0.2, 0) is 0 Å². The third kappa shape index (κ3) is 2.29. The molecule has 0 amide bonds. The topological polar surface area (TPSA) is 12.0 Å². The molecule has 0 aromatic heterocycles. The lowest BCUT2D eigenvalue weighted by molar-refractivity contribution is 0.763. The normalized spacial score (nSPS) is 19.1. The summed E-state index contributed by atoms with van der Waals surface area (Å²) in [4.78, 5) is 0.